The topological polar surface area (TPSA) is 106 Å². The highest BCUT2D eigenvalue weighted by atomic mass is 32.2. The van der Waals surface area contributed by atoms with E-state index in [0.29, 0.717) is 46.3 Å². The van der Waals surface area contributed by atoms with Crippen LogP contribution in [0.25, 0.3) is 0 Å². The van der Waals surface area contributed by atoms with Gasteiger partial charge >= 0.3 is 0 Å². The van der Waals surface area contributed by atoms with Crippen LogP contribution in [-0.2, 0) is 18.4 Å². The number of aromatic nitrogens is 3. The molecule has 0 aliphatic carbocycles. The number of hydrogen-bond acceptors (Lipinski definition) is 9. The SMILES string of the molecule is COc1cc(OC)c(OC)cc1CNC(=O)CSc1nnc(C2COc3ccccc3O2)n1C. The van der Waals surface area contributed by atoms with Gasteiger partial charge in [0.05, 0.1) is 27.1 Å². The maximum Gasteiger partial charge on any atom is 0.230 e. The van der Waals surface area contributed by atoms with Gasteiger partial charge in [0.1, 0.15) is 12.4 Å². The molecule has 11 heteroatoms. The number of carbonyl (C=O) groups excluding carboxylic acids is 1. The standard InChI is InChI=1S/C23H26N4O6S/c1-27-22(20-12-32-15-7-5-6-8-16(15)33-20)25-26-23(27)34-13-21(28)24-11-14-9-18(30-3)19(31-4)10-17(14)29-2/h5-10,20H,11-13H2,1-4H3,(H,24,28). The van der Waals surface area contributed by atoms with Gasteiger partial charge in [0.15, 0.2) is 40.1 Å². The summed E-state index contributed by atoms with van der Waals surface area (Å²) in [6, 6.07) is 11.0. The van der Waals surface area contributed by atoms with Gasteiger partial charge in [-0.25, -0.2) is 0 Å². The zero-order valence-corrected chi connectivity index (χ0v) is 20.2. The molecule has 1 unspecified atom stereocenters. The number of carbonyl (C=O) groups is 1. The molecule has 2 heterocycles. The Bertz CT molecular complexity index is 1170. The van der Waals surface area contributed by atoms with E-state index in [4.69, 9.17) is 23.7 Å². The average Bonchev–Trinajstić information content (AvgIpc) is 3.25. The molecular formula is C23H26N4O6S. The van der Waals surface area contributed by atoms with Gasteiger partial charge in [-0.3, -0.25) is 4.79 Å². The Balaban J connectivity index is 1.34. The molecule has 4 rings (SSSR count). The molecule has 2 aromatic carbocycles. The monoisotopic (exact) mass is 486 g/mol. The summed E-state index contributed by atoms with van der Waals surface area (Å²) in [4.78, 5) is 12.5. The second-order valence-electron chi connectivity index (χ2n) is 7.35. The third-order valence-corrected chi connectivity index (χ3v) is 6.28. The van der Waals surface area contributed by atoms with Crippen LogP contribution >= 0.6 is 11.8 Å². The van der Waals surface area contributed by atoms with Gasteiger partial charge in [-0.05, 0) is 18.2 Å². The van der Waals surface area contributed by atoms with Crippen LogP contribution in [0.15, 0.2) is 41.6 Å². The molecule has 0 fully saturated rings. The number of rotatable bonds is 9. The molecule has 0 spiro atoms. The lowest BCUT2D eigenvalue weighted by atomic mass is 10.1. The summed E-state index contributed by atoms with van der Waals surface area (Å²) >= 11 is 1.29. The van der Waals surface area contributed by atoms with Crippen LogP contribution in [0.1, 0.15) is 17.5 Å². The van der Waals surface area contributed by atoms with Crippen molar-refractivity contribution in [3.05, 3.63) is 47.8 Å². The lowest BCUT2D eigenvalue weighted by Crippen LogP contribution is -2.25. The quantitative estimate of drug-likeness (QED) is 0.457. The van der Waals surface area contributed by atoms with Crippen molar-refractivity contribution >= 4 is 17.7 Å². The molecule has 1 aliphatic heterocycles. The Morgan fingerprint density at radius 3 is 2.53 bits per heavy atom. The minimum absolute atomic E-state index is 0.155. The van der Waals surface area contributed by atoms with Crippen LogP contribution in [0, 0.1) is 0 Å². The van der Waals surface area contributed by atoms with Crippen molar-refractivity contribution in [2.75, 3.05) is 33.7 Å². The maximum absolute atomic E-state index is 12.5. The molecule has 1 atom stereocenters. The number of amides is 1. The van der Waals surface area contributed by atoms with Crippen molar-refractivity contribution in [2.24, 2.45) is 7.05 Å². The Morgan fingerprint density at radius 1 is 1.09 bits per heavy atom. The summed E-state index contributed by atoms with van der Waals surface area (Å²) in [5, 5.41) is 12.0. The molecule has 1 aliphatic rings. The van der Waals surface area contributed by atoms with Gasteiger partial charge in [-0.2, -0.15) is 0 Å². The molecule has 1 amide bonds. The van der Waals surface area contributed by atoms with E-state index in [1.54, 1.807) is 33.5 Å². The summed E-state index contributed by atoms with van der Waals surface area (Å²) in [6.07, 6.45) is -0.381. The van der Waals surface area contributed by atoms with E-state index in [9.17, 15) is 4.79 Å². The highest BCUT2D eigenvalue weighted by Gasteiger charge is 2.27. The Morgan fingerprint density at radius 2 is 1.79 bits per heavy atom. The predicted octanol–water partition coefficient (Wildman–Crippen LogP) is 2.76. The van der Waals surface area contributed by atoms with Gasteiger partial charge < -0.3 is 33.6 Å². The molecule has 0 bridgehead atoms. The fourth-order valence-electron chi connectivity index (χ4n) is 3.48. The van der Waals surface area contributed by atoms with Crippen LogP contribution < -0.4 is 29.0 Å². The first-order valence-corrected chi connectivity index (χ1v) is 11.5. The summed E-state index contributed by atoms with van der Waals surface area (Å²) in [7, 11) is 6.52. The molecule has 3 aromatic rings. The molecule has 1 N–H and O–H groups in total. The number of ether oxygens (including phenoxy) is 5. The van der Waals surface area contributed by atoms with Gasteiger partial charge in [-0.1, -0.05) is 23.9 Å². The van der Waals surface area contributed by atoms with Crippen molar-refractivity contribution < 1.29 is 28.5 Å². The maximum atomic E-state index is 12.5. The number of methoxy groups -OCH3 is 3. The van der Waals surface area contributed by atoms with Gasteiger partial charge in [-0.15, -0.1) is 10.2 Å². The number of thioether (sulfide) groups is 1. The average molecular weight is 487 g/mol. The van der Waals surface area contributed by atoms with E-state index in [-0.39, 0.29) is 24.3 Å². The van der Waals surface area contributed by atoms with Crippen LogP contribution in [0.4, 0.5) is 0 Å². The molecular weight excluding hydrogens is 460 g/mol. The van der Waals surface area contributed by atoms with Crippen molar-refractivity contribution in [1.82, 2.24) is 20.1 Å². The van der Waals surface area contributed by atoms with E-state index in [2.05, 4.69) is 15.5 Å². The smallest absolute Gasteiger partial charge is 0.230 e. The third kappa shape index (κ3) is 4.98. The van der Waals surface area contributed by atoms with Crippen LogP contribution in [0.2, 0.25) is 0 Å². The zero-order valence-electron chi connectivity index (χ0n) is 19.4. The number of nitrogens with zero attached hydrogens (tertiary/aromatic N) is 3. The van der Waals surface area contributed by atoms with Gasteiger partial charge in [0, 0.05) is 25.2 Å². The van der Waals surface area contributed by atoms with E-state index in [1.807, 2.05) is 35.9 Å². The number of fused-ring (bicyclic) bond motifs is 1. The lowest BCUT2D eigenvalue weighted by Gasteiger charge is -2.25. The van der Waals surface area contributed by atoms with Crippen molar-refractivity contribution in [1.29, 1.82) is 0 Å². The Kier molecular flexibility index (Phi) is 7.31. The fourth-order valence-corrected chi connectivity index (χ4v) is 4.23. The summed E-state index contributed by atoms with van der Waals surface area (Å²) in [6.45, 7) is 0.612. The molecule has 1 aromatic heterocycles. The molecule has 10 nitrogen and oxygen atoms in total. The normalized spacial score (nSPS) is 14.4. The predicted molar refractivity (Wildman–Crippen MR) is 125 cm³/mol. The number of para-hydroxylation sites is 2. The largest absolute Gasteiger partial charge is 0.496 e. The number of hydrogen-bond donors (Lipinski definition) is 1. The van der Waals surface area contributed by atoms with Gasteiger partial charge in [0.2, 0.25) is 5.91 Å². The number of benzene rings is 2. The summed E-state index contributed by atoms with van der Waals surface area (Å²) in [5.41, 5.74) is 0.772. The van der Waals surface area contributed by atoms with E-state index in [1.165, 1.54) is 11.8 Å². The highest BCUT2D eigenvalue weighted by molar-refractivity contribution is 7.99. The Hall–Kier alpha value is -3.60. The highest BCUT2D eigenvalue weighted by Crippen LogP contribution is 2.36. The first-order valence-electron chi connectivity index (χ1n) is 10.5. The minimum Gasteiger partial charge on any atom is -0.496 e. The van der Waals surface area contributed by atoms with E-state index >= 15 is 0 Å². The lowest BCUT2D eigenvalue weighted by molar-refractivity contribution is -0.118. The zero-order chi connectivity index (χ0) is 24.1. The van der Waals surface area contributed by atoms with Crippen molar-refractivity contribution in [2.45, 2.75) is 17.8 Å². The van der Waals surface area contributed by atoms with Crippen molar-refractivity contribution in [3.8, 4) is 28.7 Å². The first kappa shape index (κ1) is 23.6. The van der Waals surface area contributed by atoms with Crippen molar-refractivity contribution in [3.63, 3.8) is 0 Å². The van der Waals surface area contributed by atoms with E-state index in [0.717, 1.165) is 5.56 Å². The summed E-state index contributed by atoms with van der Waals surface area (Å²) in [5.74, 6) is 3.74. The minimum atomic E-state index is -0.381. The number of nitrogens with one attached hydrogen (secondary N) is 1. The molecule has 34 heavy (non-hydrogen) atoms. The summed E-state index contributed by atoms with van der Waals surface area (Å²) < 4.78 is 29.6. The fraction of sp³-hybridized carbons (Fsp3) is 0.348. The van der Waals surface area contributed by atoms with Gasteiger partial charge in [0.25, 0.3) is 0 Å². The van der Waals surface area contributed by atoms with Crippen LogP contribution in [0.3, 0.4) is 0 Å². The second kappa shape index (κ2) is 10.6. The molecule has 0 radical (unpaired) electrons. The first-order chi connectivity index (χ1) is 16.5. The van der Waals surface area contributed by atoms with Crippen LogP contribution in [0.5, 0.6) is 28.7 Å². The second-order valence-corrected chi connectivity index (χ2v) is 8.29. The molecule has 0 saturated heterocycles. The van der Waals surface area contributed by atoms with Crippen LogP contribution in [-0.4, -0.2) is 54.4 Å². The Labute approximate surface area is 201 Å². The molecule has 180 valence electrons. The molecule has 0 saturated carbocycles. The third-order valence-electron chi connectivity index (χ3n) is 5.26. The van der Waals surface area contributed by atoms with E-state index < -0.39 is 0 Å².